The van der Waals surface area contributed by atoms with Crippen LogP contribution in [0.3, 0.4) is 0 Å². The zero-order valence-electron chi connectivity index (χ0n) is 10.4. The highest BCUT2D eigenvalue weighted by molar-refractivity contribution is 9.10. The Kier molecular flexibility index (Phi) is 3.38. The van der Waals surface area contributed by atoms with E-state index in [-0.39, 0.29) is 5.78 Å². The van der Waals surface area contributed by atoms with Gasteiger partial charge < -0.3 is 4.74 Å². The Labute approximate surface area is 120 Å². The van der Waals surface area contributed by atoms with Crippen LogP contribution in [0.4, 0.5) is 0 Å². The minimum atomic E-state index is 0.223. The standard InChI is InChI=1S/C16H13BrO2/c17-15-4-2-1-3-12(15)10-19-13-7-5-11-6-8-16(18)14(11)9-13/h1-5,7,9H,6,8,10H2. The first-order chi connectivity index (χ1) is 9.24. The van der Waals surface area contributed by atoms with E-state index in [4.69, 9.17) is 4.74 Å². The topological polar surface area (TPSA) is 26.3 Å². The highest BCUT2D eigenvalue weighted by Crippen LogP contribution is 2.27. The third-order valence-electron chi connectivity index (χ3n) is 3.36. The number of hydrogen-bond donors (Lipinski definition) is 0. The Balaban J connectivity index is 1.76. The molecule has 0 heterocycles. The summed E-state index contributed by atoms with van der Waals surface area (Å²) in [6.45, 7) is 0.494. The van der Waals surface area contributed by atoms with Gasteiger partial charge in [0.2, 0.25) is 0 Å². The van der Waals surface area contributed by atoms with Crippen molar-refractivity contribution in [2.75, 3.05) is 0 Å². The molecule has 0 fully saturated rings. The van der Waals surface area contributed by atoms with Crippen LogP contribution >= 0.6 is 15.9 Å². The normalized spacial score (nSPS) is 13.4. The molecule has 2 aromatic rings. The van der Waals surface area contributed by atoms with E-state index in [9.17, 15) is 4.79 Å². The molecule has 0 radical (unpaired) electrons. The van der Waals surface area contributed by atoms with Crippen LogP contribution < -0.4 is 4.74 Å². The summed E-state index contributed by atoms with van der Waals surface area (Å²) in [5.41, 5.74) is 3.05. The van der Waals surface area contributed by atoms with E-state index < -0.39 is 0 Å². The fraction of sp³-hybridized carbons (Fsp3) is 0.188. The van der Waals surface area contributed by atoms with E-state index in [1.54, 1.807) is 0 Å². The molecule has 2 nitrogen and oxygen atoms in total. The van der Waals surface area contributed by atoms with Crippen molar-refractivity contribution in [1.29, 1.82) is 0 Å². The van der Waals surface area contributed by atoms with Crippen LogP contribution in [0.5, 0.6) is 5.75 Å². The number of ether oxygens (including phenoxy) is 1. The molecule has 0 atom stereocenters. The zero-order valence-corrected chi connectivity index (χ0v) is 11.9. The molecule has 1 aliphatic rings. The summed E-state index contributed by atoms with van der Waals surface area (Å²) in [6, 6.07) is 13.8. The van der Waals surface area contributed by atoms with Crippen LogP contribution in [0.1, 0.15) is 27.9 Å². The van der Waals surface area contributed by atoms with Gasteiger partial charge >= 0.3 is 0 Å². The second-order valence-electron chi connectivity index (χ2n) is 4.62. The molecule has 96 valence electrons. The summed E-state index contributed by atoms with van der Waals surface area (Å²) < 4.78 is 6.80. The van der Waals surface area contributed by atoms with Crippen molar-refractivity contribution in [2.24, 2.45) is 0 Å². The summed E-state index contributed by atoms with van der Waals surface area (Å²) in [7, 11) is 0. The molecular weight excluding hydrogens is 304 g/mol. The summed E-state index contributed by atoms with van der Waals surface area (Å²) in [5, 5.41) is 0. The lowest BCUT2D eigenvalue weighted by atomic mass is 10.1. The Morgan fingerprint density at radius 3 is 2.79 bits per heavy atom. The van der Waals surface area contributed by atoms with Gasteiger partial charge in [0, 0.05) is 22.0 Å². The molecule has 0 aliphatic heterocycles. The fourth-order valence-electron chi connectivity index (χ4n) is 2.28. The molecule has 19 heavy (non-hydrogen) atoms. The lowest BCUT2D eigenvalue weighted by molar-refractivity contribution is 0.0994. The maximum absolute atomic E-state index is 11.7. The smallest absolute Gasteiger partial charge is 0.163 e. The third-order valence-corrected chi connectivity index (χ3v) is 4.13. The van der Waals surface area contributed by atoms with Crippen molar-refractivity contribution in [1.82, 2.24) is 0 Å². The van der Waals surface area contributed by atoms with Crippen LogP contribution in [0.2, 0.25) is 0 Å². The SMILES string of the molecule is O=C1CCc2ccc(OCc3ccccc3Br)cc21. The molecule has 2 aromatic carbocycles. The van der Waals surface area contributed by atoms with Gasteiger partial charge in [-0.05, 0) is 30.2 Å². The number of benzene rings is 2. The Bertz CT molecular complexity index is 634. The summed E-state index contributed by atoms with van der Waals surface area (Å²) in [6.07, 6.45) is 1.49. The second kappa shape index (κ2) is 5.17. The van der Waals surface area contributed by atoms with Gasteiger partial charge in [-0.2, -0.15) is 0 Å². The first-order valence-corrected chi connectivity index (χ1v) is 7.05. The van der Waals surface area contributed by atoms with E-state index >= 15 is 0 Å². The Morgan fingerprint density at radius 1 is 1.11 bits per heavy atom. The van der Waals surface area contributed by atoms with E-state index in [1.165, 1.54) is 0 Å². The predicted molar refractivity (Wildman–Crippen MR) is 77.6 cm³/mol. The minimum Gasteiger partial charge on any atom is -0.489 e. The number of rotatable bonds is 3. The first kappa shape index (κ1) is 12.4. The molecular formula is C16H13BrO2. The van der Waals surface area contributed by atoms with Crippen molar-refractivity contribution in [2.45, 2.75) is 19.4 Å². The van der Waals surface area contributed by atoms with Gasteiger partial charge in [-0.15, -0.1) is 0 Å². The molecule has 0 bridgehead atoms. The number of ketones is 1. The quantitative estimate of drug-likeness (QED) is 0.850. The molecule has 0 spiro atoms. The maximum atomic E-state index is 11.7. The minimum absolute atomic E-state index is 0.223. The second-order valence-corrected chi connectivity index (χ2v) is 5.48. The van der Waals surface area contributed by atoms with Crippen molar-refractivity contribution >= 4 is 21.7 Å². The Hall–Kier alpha value is -1.61. The first-order valence-electron chi connectivity index (χ1n) is 6.26. The molecule has 0 saturated heterocycles. The van der Waals surface area contributed by atoms with E-state index in [1.807, 2.05) is 42.5 Å². The van der Waals surface area contributed by atoms with Gasteiger partial charge in [0.1, 0.15) is 12.4 Å². The summed E-state index contributed by atoms with van der Waals surface area (Å²) >= 11 is 3.50. The number of halogens is 1. The zero-order chi connectivity index (χ0) is 13.2. The lowest BCUT2D eigenvalue weighted by Gasteiger charge is -2.09. The predicted octanol–water partition coefficient (Wildman–Crippen LogP) is 4.16. The number of Topliss-reactive ketones (excluding diaryl/α,β-unsaturated/α-hetero) is 1. The monoisotopic (exact) mass is 316 g/mol. The fourth-order valence-corrected chi connectivity index (χ4v) is 2.68. The lowest BCUT2D eigenvalue weighted by Crippen LogP contribution is -1.98. The molecule has 0 aromatic heterocycles. The number of carbonyl (C=O) groups is 1. The average molecular weight is 317 g/mol. The average Bonchev–Trinajstić information content (AvgIpc) is 2.79. The van der Waals surface area contributed by atoms with Crippen LogP contribution in [0.15, 0.2) is 46.9 Å². The molecule has 0 saturated carbocycles. The highest BCUT2D eigenvalue weighted by Gasteiger charge is 2.19. The van der Waals surface area contributed by atoms with E-state index in [2.05, 4.69) is 15.9 Å². The summed E-state index contributed by atoms with van der Waals surface area (Å²) in [5.74, 6) is 0.978. The van der Waals surface area contributed by atoms with Crippen molar-refractivity contribution in [3.05, 3.63) is 63.6 Å². The Morgan fingerprint density at radius 2 is 1.95 bits per heavy atom. The summed E-state index contributed by atoms with van der Waals surface area (Å²) in [4.78, 5) is 11.7. The number of hydrogen-bond acceptors (Lipinski definition) is 2. The van der Waals surface area contributed by atoms with Gasteiger partial charge in [-0.3, -0.25) is 4.79 Å². The highest BCUT2D eigenvalue weighted by atomic mass is 79.9. The molecule has 0 unspecified atom stereocenters. The van der Waals surface area contributed by atoms with Crippen molar-refractivity contribution < 1.29 is 9.53 Å². The maximum Gasteiger partial charge on any atom is 0.163 e. The van der Waals surface area contributed by atoms with Crippen molar-refractivity contribution in [3.63, 3.8) is 0 Å². The van der Waals surface area contributed by atoms with Gasteiger partial charge in [0.05, 0.1) is 0 Å². The third kappa shape index (κ3) is 2.56. The largest absolute Gasteiger partial charge is 0.489 e. The van der Waals surface area contributed by atoms with Crippen LogP contribution in [-0.2, 0) is 13.0 Å². The molecule has 1 aliphatic carbocycles. The number of fused-ring (bicyclic) bond motifs is 1. The van der Waals surface area contributed by atoms with Crippen LogP contribution in [0, 0.1) is 0 Å². The van der Waals surface area contributed by atoms with E-state index in [0.717, 1.165) is 33.3 Å². The number of carbonyl (C=O) groups excluding carboxylic acids is 1. The van der Waals surface area contributed by atoms with Gasteiger partial charge in [0.25, 0.3) is 0 Å². The molecule has 0 N–H and O–H groups in total. The molecule has 3 rings (SSSR count). The van der Waals surface area contributed by atoms with Gasteiger partial charge in [0.15, 0.2) is 5.78 Å². The van der Waals surface area contributed by atoms with Crippen LogP contribution in [-0.4, -0.2) is 5.78 Å². The van der Waals surface area contributed by atoms with Crippen molar-refractivity contribution in [3.8, 4) is 5.75 Å². The molecule has 0 amide bonds. The van der Waals surface area contributed by atoms with Gasteiger partial charge in [-0.1, -0.05) is 40.2 Å². The number of aryl methyl sites for hydroxylation is 1. The van der Waals surface area contributed by atoms with Gasteiger partial charge in [-0.25, -0.2) is 0 Å². The van der Waals surface area contributed by atoms with E-state index in [0.29, 0.717) is 13.0 Å². The molecule has 3 heteroatoms. The van der Waals surface area contributed by atoms with Crippen LogP contribution in [0.25, 0.3) is 0 Å².